The van der Waals surface area contributed by atoms with Crippen LogP contribution in [0, 0.1) is 6.92 Å². The molecule has 1 amide bonds. The van der Waals surface area contributed by atoms with Crippen LogP contribution in [0.15, 0.2) is 24.3 Å². The molecule has 0 heterocycles. The molecule has 19 heavy (non-hydrogen) atoms. The third-order valence-corrected chi connectivity index (χ3v) is 3.02. The number of carbonyl (C=O) groups excluding carboxylic acids is 1. The molecule has 1 rings (SSSR count). The van der Waals surface area contributed by atoms with Gasteiger partial charge in [0.05, 0.1) is 13.2 Å². The van der Waals surface area contributed by atoms with E-state index < -0.39 is 0 Å². The standard InChI is InChI=1S/C15H24N2O2/c1-12-4-6-14(7-5-12)13(2)10-17-15(18)11-16-8-9-19-3/h4-7,13,16H,8-11H2,1-3H3,(H,17,18). The average Bonchev–Trinajstić information content (AvgIpc) is 2.42. The molecule has 0 saturated heterocycles. The zero-order valence-corrected chi connectivity index (χ0v) is 12.0. The molecule has 4 heteroatoms. The summed E-state index contributed by atoms with van der Waals surface area (Å²) < 4.78 is 4.90. The van der Waals surface area contributed by atoms with E-state index in [0.717, 1.165) is 0 Å². The van der Waals surface area contributed by atoms with Gasteiger partial charge in [-0.05, 0) is 18.4 Å². The van der Waals surface area contributed by atoms with Crippen molar-refractivity contribution in [3.63, 3.8) is 0 Å². The fourth-order valence-corrected chi connectivity index (χ4v) is 1.72. The van der Waals surface area contributed by atoms with E-state index in [1.165, 1.54) is 11.1 Å². The summed E-state index contributed by atoms with van der Waals surface area (Å²) in [5.41, 5.74) is 2.50. The lowest BCUT2D eigenvalue weighted by Gasteiger charge is -2.13. The highest BCUT2D eigenvalue weighted by Gasteiger charge is 2.07. The normalized spacial score (nSPS) is 12.2. The molecule has 0 aliphatic rings. The lowest BCUT2D eigenvalue weighted by atomic mass is 10.00. The SMILES string of the molecule is COCCNCC(=O)NCC(C)c1ccc(C)cc1. The summed E-state index contributed by atoms with van der Waals surface area (Å²) in [4.78, 5) is 11.6. The van der Waals surface area contributed by atoms with E-state index in [1.54, 1.807) is 7.11 Å². The van der Waals surface area contributed by atoms with Crippen LogP contribution in [0.1, 0.15) is 24.0 Å². The van der Waals surface area contributed by atoms with E-state index in [0.29, 0.717) is 32.2 Å². The molecule has 0 spiro atoms. The minimum Gasteiger partial charge on any atom is -0.383 e. The molecule has 0 aliphatic heterocycles. The maximum absolute atomic E-state index is 11.6. The molecule has 1 atom stereocenters. The number of ether oxygens (including phenoxy) is 1. The maximum atomic E-state index is 11.6. The van der Waals surface area contributed by atoms with Gasteiger partial charge in [0, 0.05) is 20.2 Å². The summed E-state index contributed by atoms with van der Waals surface area (Å²) in [5.74, 6) is 0.346. The van der Waals surface area contributed by atoms with Gasteiger partial charge in [-0.25, -0.2) is 0 Å². The van der Waals surface area contributed by atoms with Crippen molar-refractivity contribution in [3.05, 3.63) is 35.4 Å². The first-order valence-corrected chi connectivity index (χ1v) is 6.66. The van der Waals surface area contributed by atoms with Gasteiger partial charge < -0.3 is 15.4 Å². The van der Waals surface area contributed by atoms with Crippen molar-refractivity contribution in [2.75, 3.05) is 33.4 Å². The Morgan fingerprint density at radius 2 is 2.00 bits per heavy atom. The zero-order chi connectivity index (χ0) is 14.1. The number of amides is 1. The molecule has 106 valence electrons. The highest BCUT2D eigenvalue weighted by atomic mass is 16.5. The Labute approximate surface area is 115 Å². The molecule has 1 unspecified atom stereocenters. The second kappa shape index (κ2) is 8.67. The first kappa shape index (κ1) is 15.7. The minimum atomic E-state index is 0.0232. The summed E-state index contributed by atoms with van der Waals surface area (Å²) in [7, 11) is 1.64. The van der Waals surface area contributed by atoms with Crippen molar-refractivity contribution in [3.8, 4) is 0 Å². The Hall–Kier alpha value is -1.39. The number of methoxy groups -OCH3 is 1. The van der Waals surface area contributed by atoms with Crippen molar-refractivity contribution in [2.24, 2.45) is 0 Å². The third-order valence-electron chi connectivity index (χ3n) is 3.02. The Bertz CT molecular complexity index is 376. The van der Waals surface area contributed by atoms with E-state index in [9.17, 15) is 4.79 Å². The molecule has 0 saturated carbocycles. The van der Waals surface area contributed by atoms with E-state index >= 15 is 0 Å². The smallest absolute Gasteiger partial charge is 0.233 e. The van der Waals surface area contributed by atoms with E-state index in [1.807, 2.05) is 0 Å². The fraction of sp³-hybridized carbons (Fsp3) is 0.533. The summed E-state index contributed by atoms with van der Waals surface area (Å²) >= 11 is 0. The van der Waals surface area contributed by atoms with E-state index in [4.69, 9.17) is 4.74 Å². The van der Waals surface area contributed by atoms with Crippen LogP contribution in [0.2, 0.25) is 0 Å². The van der Waals surface area contributed by atoms with Gasteiger partial charge in [0.25, 0.3) is 0 Å². The van der Waals surface area contributed by atoms with Crippen molar-refractivity contribution in [1.29, 1.82) is 0 Å². The molecule has 0 fully saturated rings. The number of rotatable bonds is 8. The van der Waals surface area contributed by atoms with Crippen molar-refractivity contribution in [1.82, 2.24) is 10.6 Å². The Morgan fingerprint density at radius 3 is 2.63 bits per heavy atom. The molecule has 0 aromatic heterocycles. The van der Waals surface area contributed by atoms with Gasteiger partial charge in [0.15, 0.2) is 0 Å². The van der Waals surface area contributed by atoms with Gasteiger partial charge in [-0.2, -0.15) is 0 Å². The highest BCUT2D eigenvalue weighted by Crippen LogP contribution is 2.14. The van der Waals surface area contributed by atoms with Crippen LogP contribution in [0.4, 0.5) is 0 Å². The number of benzene rings is 1. The molecule has 1 aromatic rings. The lowest BCUT2D eigenvalue weighted by molar-refractivity contribution is -0.120. The number of carbonyl (C=O) groups is 1. The molecule has 2 N–H and O–H groups in total. The Morgan fingerprint density at radius 1 is 1.32 bits per heavy atom. The van der Waals surface area contributed by atoms with Gasteiger partial charge >= 0.3 is 0 Å². The first-order chi connectivity index (χ1) is 9.13. The van der Waals surface area contributed by atoms with Crippen molar-refractivity contribution >= 4 is 5.91 Å². The van der Waals surface area contributed by atoms with Crippen LogP contribution >= 0.6 is 0 Å². The molecular weight excluding hydrogens is 240 g/mol. The number of hydrogen-bond donors (Lipinski definition) is 2. The Balaban J connectivity index is 2.24. The topological polar surface area (TPSA) is 50.4 Å². The summed E-state index contributed by atoms with van der Waals surface area (Å²) in [6, 6.07) is 8.42. The van der Waals surface area contributed by atoms with Crippen LogP contribution in [0.25, 0.3) is 0 Å². The van der Waals surface area contributed by atoms with Crippen LogP contribution < -0.4 is 10.6 Å². The second-order valence-electron chi connectivity index (χ2n) is 4.79. The predicted octanol–water partition coefficient (Wildman–Crippen LogP) is 1.45. The third kappa shape index (κ3) is 6.36. The molecule has 0 radical (unpaired) electrons. The summed E-state index contributed by atoms with van der Waals surface area (Å²) in [6.45, 7) is 6.49. The highest BCUT2D eigenvalue weighted by molar-refractivity contribution is 5.78. The first-order valence-electron chi connectivity index (χ1n) is 6.66. The quantitative estimate of drug-likeness (QED) is 0.699. The largest absolute Gasteiger partial charge is 0.383 e. The summed E-state index contributed by atoms with van der Waals surface area (Å²) in [5, 5.41) is 5.95. The maximum Gasteiger partial charge on any atom is 0.233 e. The number of aryl methyl sites for hydroxylation is 1. The second-order valence-corrected chi connectivity index (χ2v) is 4.79. The van der Waals surface area contributed by atoms with Crippen molar-refractivity contribution < 1.29 is 9.53 Å². The van der Waals surface area contributed by atoms with Gasteiger partial charge in [-0.1, -0.05) is 36.8 Å². The number of nitrogens with one attached hydrogen (secondary N) is 2. The van der Waals surface area contributed by atoms with Crippen molar-refractivity contribution in [2.45, 2.75) is 19.8 Å². The lowest BCUT2D eigenvalue weighted by Crippen LogP contribution is -2.36. The van der Waals surface area contributed by atoms with Crippen LogP contribution in [-0.4, -0.2) is 39.3 Å². The van der Waals surface area contributed by atoms with E-state index in [-0.39, 0.29) is 5.91 Å². The van der Waals surface area contributed by atoms with Gasteiger partial charge in [0.1, 0.15) is 0 Å². The van der Waals surface area contributed by atoms with E-state index in [2.05, 4.69) is 48.7 Å². The molecular formula is C15H24N2O2. The molecule has 1 aromatic carbocycles. The Kier molecular flexibility index (Phi) is 7.15. The monoisotopic (exact) mass is 264 g/mol. The predicted molar refractivity (Wildman–Crippen MR) is 77.3 cm³/mol. The average molecular weight is 264 g/mol. The fourth-order valence-electron chi connectivity index (χ4n) is 1.72. The molecule has 0 bridgehead atoms. The molecule has 0 aliphatic carbocycles. The van der Waals surface area contributed by atoms with Gasteiger partial charge in [-0.3, -0.25) is 4.79 Å². The molecule has 4 nitrogen and oxygen atoms in total. The van der Waals surface area contributed by atoms with Gasteiger partial charge in [0.2, 0.25) is 5.91 Å². The summed E-state index contributed by atoms with van der Waals surface area (Å²) in [6.07, 6.45) is 0. The number of hydrogen-bond acceptors (Lipinski definition) is 3. The zero-order valence-electron chi connectivity index (χ0n) is 12.0. The van der Waals surface area contributed by atoms with Gasteiger partial charge in [-0.15, -0.1) is 0 Å². The van der Waals surface area contributed by atoms with Crippen LogP contribution in [0.5, 0.6) is 0 Å². The van der Waals surface area contributed by atoms with Crippen LogP contribution in [-0.2, 0) is 9.53 Å². The van der Waals surface area contributed by atoms with Crippen LogP contribution in [0.3, 0.4) is 0 Å². The minimum absolute atomic E-state index is 0.0232.